The predicted molar refractivity (Wildman–Crippen MR) is 64.8 cm³/mol. The number of aromatic nitrogens is 2. The molecular weight excluding hydrogens is 222 g/mol. The lowest BCUT2D eigenvalue weighted by molar-refractivity contribution is -0.116. The van der Waals surface area contributed by atoms with Gasteiger partial charge in [-0.25, -0.2) is 4.98 Å². The number of benzene rings is 1. The summed E-state index contributed by atoms with van der Waals surface area (Å²) in [5.74, 6) is 0.720. The highest BCUT2D eigenvalue weighted by molar-refractivity contribution is 7.98. The molecule has 2 aromatic rings. The quantitative estimate of drug-likeness (QED) is 0.767. The van der Waals surface area contributed by atoms with E-state index in [1.807, 2.05) is 12.1 Å². The monoisotopic (exact) mass is 233 g/mol. The van der Waals surface area contributed by atoms with Gasteiger partial charge in [0.05, 0.1) is 11.0 Å². The van der Waals surface area contributed by atoms with E-state index < -0.39 is 0 Å². The number of imidazole rings is 1. The Bertz CT molecular complexity index is 576. The van der Waals surface area contributed by atoms with Crippen molar-refractivity contribution in [3.05, 3.63) is 18.2 Å². The Hall–Kier alpha value is -1.49. The number of carbonyl (C=O) groups is 1. The molecule has 0 aliphatic carbocycles. The van der Waals surface area contributed by atoms with Crippen molar-refractivity contribution in [2.24, 2.45) is 0 Å². The van der Waals surface area contributed by atoms with Crippen molar-refractivity contribution in [1.29, 1.82) is 0 Å². The van der Waals surface area contributed by atoms with Gasteiger partial charge in [0, 0.05) is 17.9 Å². The van der Waals surface area contributed by atoms with Crippen LogP contribution in [0.3, 0.4) is 0 Å². The van der Waals surface area contributed by atoms with E-state index in [9.17, 15) is 4.79 Å². The average molecular weight is 233 g/mol. The van der Waals surface area contributed by atoms with Crippen LogP contribution in [0.15, 0.2) is 23.1 Å². The second kappa shape index (κ2) is 3.52. The standard InChI is InChI=1S/C11H11N3OS/c1-16-7-2-3-8-9(6-7)14-5-4-10(15)13-11(14)12-8/h2-3,6H,4-5H2,1H3,(H,12,13,15). The van der Waals surface area contributed by atoms with Crippen LogP contribution in [0.4, 0.5) is 5.95 Å². The maximum absolute atomic E-state index is 11.3. The van der Waals surface area contributed by atoms with E-state index in [1.54, 1.807) is 11.8 Å². The minimum Gasteiger partial charge on any atom is -0.309 e. The van der Waals surface area contributed by atoms with Crippen molar-refractivity contribution in [2.45, 2.75) is 17.9 Å². The lowest BCUT2D eigenvalue weighted by Crippen LogP contribution is -2.23. The molecule has 1 aliphatic rings. The maximum atomic E-state index is 11.3. The number of rotatable bonds is 1. The molecule has 1 aromatic carbocycles. The van der Waals surface area contributed by atoms with Gasteiger partial charge in [0.2, 0.25) is 11.9 Å². The summed E-state index contributed by atoms with van der Waals surface area (Å²) < 4.78 is 2.07. The minimum absolute atomic E-state index is 0.0490. The predicted octanol–water partition coefficient (Wildman–Crippen LogP) is 2.10. The van der Waals surface area contributed by atoms with Gasteiger partial charge >= 0.3 is 0 Å². The Morgan fingerprint density at radius 1 is 1.50 bits per heavy atom. The lowest BCUT2D eigenvalue weighted by Gasteiger charge is -2.14. The Morgan fingerprint density at radius 2 is 2.38 bits per heavy atom. The van der Waals surface area contributed by atoms with E-state index in [0.717, 1.165) is 17.6 Å². The molecule has 0 unspecified atom stereocenters. The molecule has 3 rings (SSSR count). The van der Waals surface area contributed by atoms with Crippen LogP contribution in [0.25, 0.3) is 11.0 Å². The zero-order valence-corrected chi connectivity index (χ0v) is 9.67. The molecule has 16 heavy (non-hydrogen) atoms. The molecule has 0 saturated carbocycles. The van der Waals surface area contributed by atoms with Gasteiger partial charge in [0.15, 0.2) is 0 Å². The summed E-state index contributed by atoms with van der Waals surface area (Å²) in [6, 6.07) is 6.17. The zero-order valence-electron chi connectivity index (χ0n) is 8.86. The van der Waals surface area contributed by atoms with Crippen LogP contribution >= 0.6 is 11.8 Å². The number of nitrogens with one attached hydrogen (secondary N) is 1. The van der Waals surface area contributed by atoms with Gasteiger partial charge in [-0.2, -0.15) is 0 Å². The molecule has 0 fully saturated rings. The molecule has 1 amide bonds. The molecule has 0 atom stereocenters. The first-order chi connectivity index (χ1) is 7.78. The molecule has 4 nitrogen and oxygen atoms in total. The highest BCUT2D eigenvalue weighted by Gasteiger charge is 2.18. The Labute approximate surface area is 97.0 Å². The molecule has 0 bridgehead atoms. The van der Waals surface area contributed by atoms with Crippen LogP contribution in [0.1, 0.15) is 6.42 Å². The van der Waals surface area contributed by atoms with E-state index in [1.165, 1.54) is 4.90 Å². The van der Waals surface area contributed by atoms with E-state index in [4.69, 9.17) is 0 Å². The molecule has 2 heterocycles. The van der Waals surface area contributed by atoms with Crippen LogP contribution in [-0.2, 0) is 11.3 Å². The third kappa shape index (κ3) is 1.39. The Kier molecular flexibility index (Phi) is 2.14. The fourth-order valence-electron chi connectivity index (χ4n) is 1.95. The first kappa shape index (κ1) is 9.72. The highest BCUT2D eigenvalue weighted by Crippen LogP contribution is 2.26. The smallest absolute Gasteiger partial charge is 0.228 e. The number of hydrogen-bond donors (Lipinski definition) is 1. The van der Waals surface area contributed by atoms with Gasteiger partial charge < -0.3 is 4.57 Å². The van der Waals surface area contributed by atoms with E-state index in [-0.39, 0.29) is 5.91 Å². The number of fused-ring (bicyclic) bond motifs is 3. The van der Waals surface area contributed by atoms with Gasteiger partial charge in [-0.05, 0) is 24.5 Å². The average Bonchev–Trinajstić information content (AvgIpc) is 2.65. The fourth-order valence-corrected chi connectivity index (χ4v) is 2.39. The second-order valence-corrected chi connectivity index (χ2v) is 4.62. The molecule has 1 N–H and O–H groups in total. The van der Waals surface area contributed by atoms with Crippen molar-refractivity contribution in [1.82, 2.24) is 9.55 Å². The van der Waals surface area contributed by atoms with E-state index in [2.05, 4.69) is 27.2 Å². The van der Waals surface area contributed by atoms with Crippen LogP contribution in [0.5, 0.6) is 0 Å². The van der Waals surface area contributed by atoms with Gasteiger partial charge in [-0.3, -0.25) is 10.1 Å². The zero-order chi connectivity index (χ0) is 11.1. The fraction of sp³-hybridized carbons (Fsp3) is 0.273. The molecule has 82 valence electrons. The Balaban J connectivity index is 2.22. The number of amides is 1. The van der Waals surface area contributed by atoms with E-state index >= 15 is 0 Å². The number of aryl methyl sites for hydroxylation is 1. The number of carbonyl (C=O) groups excluding carboxylic acids is 1. The summed E-state index contributed by atoms with van der Waals surface area (Å²) in [6.45, 7) is 0.718. The number of anilines is 1. The van der Waals surface area contributed by atoms with Crippen molar-refractivity contribution in [3.63, 3.8) is 0 Å². The van der Waals surface area contributed by atoms with Gasteiger partial charge in [0.25, 0.3) is 0 Å². The number of thioether (sulfide) groups is 1. The molecule has 5 heteroatoms. The molecule has 0 spiro atoms. The third-order valence-electron chi connectivity index (χ3n) is 2.77. The molecular formula is C11H11N3OS. The van der Waals surface area contributed by atoms with Gasteiger partial charge in [0.1, 0.15) is 0 Å². The second-order valence-electron chi connectivity index (χ2n) is 3.74. The van der Waals surface area contributed by atoms with Crippen LogP contribution in [-0.4, -0.2) is 21.7 Å². The maximum Gasteiger partial charge on any atom is 0.228 e. The highest BCUT2D eigenvalue weighted by atomic mass is 32.2. The van der Waals surface area contributed by atoms with E-state index in [0.29, 0.717) is 12.4 Å². The normalized spacial score (nSPS) is 14.9. The molecule has 1 aromatic heterocycles. The lowest BCUT2D eigenvalue weighted by atomic mass is 10.3. The first-order valence-electron chi connectivity index (χ1n) is 5.12. The largest absolute Gasteiger partial charge is 0.309 e. The summed E-state index contributed by atoms with van der Waals surface area (Å²) in [6.07, 6.45) is 2.58. The summed E-state index contributed by atoms with van der Waals surface area (Å²) in [5.41, 5.74) is 2.04. The topological polar surface area (TPSA) is 46.9 Å². The van der Waals surface area contributed by atoms with Crippen LogP contribution < -0.4 is 5.32 Å². The van der Waals surface area contributed by atoms with Crippen molar-refractivity contribution in [2.75, 3.05) is 11.6 Å². The van der Waals surface area contributed by atoms with Crippen molar-refractivity contribution < 1.29 is 4.79 Å². The molecule has 0 saturated heterocycles. The number of nitrogens with zero attached hydrogens (tertiary/aromatic N) is 2. The SMILES string of the molecule is CSc1ccc2nc3n(c2c1)CCC(=O)N3. The van der Waals surface area contributed by atoms with Gasteiger partial charge in [-0.15, -0.1) is 11.8 Å². The van der Waals surface area contributed by atoms with Crippen LogP contribution in [0.2, 0.25) is 0 Å². The van der Waals surface area contributed by atoms with Crippen molar-refractivity contribution in [3.8, 4) is 0 Å². The molecule has 1 aliphatic heterocycles. The summed E-state index contributed by atoms with van der Waals surface area (Å²) >= 11 is 1.71. The molecule has 0 radical (unpaired) electrons. The minimum atomic E-state index is 0.0490. The third-order valence-corrected chi connectivity index (χ3v) is 3.49. The van der Waals surface area contributed by atoms with Gasteiger partial charge in [-0.1, -0.05) is 0 Å². The first-order valence-corrected chi connectivity index (χ1v) is 6.34. The van der Waals surface area contributed by atoms with Crippen LogP contribution in [0, 0.1) is 0 Å². The summed E-state index contributed by atoms with van der Waals surface area (Å²) in [5, 5.41) is 2.79. The summed E-state index contributed by atoms with van der Waals surface area (Å²) in [4.78, 5) is 16.9. The van der Waals surface area contributed by atoms with Crippen molar-refractivity contribution >= 4 is 34.7 Å². The Morgan fingerprint density at radius 3 is 3.19 bits per heavy atom. The number of hydrogen-bond acceptors (Lipinski definition) is 3. The summed E-state index contributed by atoms with van der Waals surface area (Å²) in [7, 11) is 0.